The summed E-state index contributed by atoms with van der Waals surface area (Å²) in [6, 6.07) is 0. The predicted octanol–water partition coefficient (Wildman–Crippen LogP) is 4.28. The van der Waals surface area contributed by atoms with Crippen LogP contribution in [-0.4, -0.2) is 18.5 Å². The van der Waals surface area contributed by atoms with Crippen LogP contribution in [0.15, 0.2) is 6.08 Å². The second-order valence-corrected chi connectivity index (χ2v) is 7.38. The zero-order valence-corrected chi connectivity index (χ0v) is 12.5. The summed E-state index contributed by atoms with van der Waals surface area (Å²) in [6.07, 6.45) is 8.60. The zero-order chi connectivity index (χ0) is 12.7. The van der Waals surface area contributed by atoms with Crippen molar-refractivity contribution in [1.82, 2.24) is 4.90 Å². The molecule has 1 nitrogen and oxygen atoms in total. The Bertz CT molecular complexity index is 470. The first-order chi connectivity index (χ1) is 8.65. The molecule has 2 heterocycles. The molecule has 1 aromatic rings. The standard InChI is InChI=1S/C16H23NS/c1-11(2)9-15-13-10-17(3)8-7-12-5-4-6-14(18-15)16(12)13/h4,6,11-12H,5,7-10H2,1-3H3. The molecule has 0 aromatic carbocycles. The number of rotatable bonds is 2. The molecule has 0 radical (unpaired) electrons. The Kier molecular flexibility index (Phi) is 3.33. The highest BCUT2D eigenvalue weighted by Gasteiger charge is 2.28. The van der Waals surface area contributed by atoms with E-state index in [4.69, 9.17) is 0 Å². The third-order valence-corrected chi connectivity index (χ3v) is 5.37. The molecule has 0 bridgehead atoms. The van der Waals surface area contributed by atoms with Gasteiger partial charge in [-0.05, 0) is 61.9 Å². The lowest BCUT2D eigenvalue weighted by molar-refractivity contribution is 0.324. The van der Waals surface area contributed by atoms with Crippen molar-refractivity contribution >= 4 is 17.4 Å². The van der Waals surface area contributed by atoms with Crippen LogP contribution in [0.5, 0.6) is 0 Å². The number of hydrogen-bond donors (Lipinski definition) is 0. The van der Waals surface area contributed by atoms with E-state index in [2.05, 4.69) is 49.3 Å². The Labute approximate surface area is 115 Å². The lowest BCUT2D eigenvalue weighted by Gasteiger charge is -2.18. The first-order valence-electron chi connectivity index (χ1n) is 7.14. The van der Waals surface area contributed by atoms with Gasteiger partial charge in [0.15, 0.2) is 0 Å². The molecule has 18 heavy (non-hydrogen) atoms. The highest BCUT2D eigenvalue weighted by molar-refractivity contribution is 7.13. The van der Waals surface area contributed by atoms with E-state index in [-0.39, 0.29) is 0 Å². The van der Waals surface area contributed by atoms with E-state index >= 15 is 0 Å². The summed E-state index contributed by atoms with van der Waals surface area (Å²) in [4.78, 5) is 5.72. The highest BCUT2D eigenvalue weighted by atomic mass is 32.1. The molecule has 0 N–H and O–H groups in total. The molecular formula is C16H23NS. The molecule has 3 rings (SSSR count). The van der Waals surface area contributed by atoms with E-state index in [0.717, 1.165) is 18.4 Å². The first kappa shape index (κ1) is 12.4. The summed E-state index contributed by atoms with van der Waals surface area (Å²) >= 11 is 2.06. The van der Waals surface area contributed by atoms with E-state index in [1.807, 2.05) is 0 Å². The highest BCUT2D eigenvalue weighted by Crippen LogP contribution is 2.44. The van der Waals surface area contributed by atoms with Crippen LogP contribution in [0.1, 0.15) is 53.5 Å². The Morgan fingerprint density at radius 2 is 2.28 bits per heavy atom. The number of nitrogens with zero attached hydrogens (tertiary/aromatic N) is 1. The second-order valence-electron chi connectivity index (χ2n) is 6.24. The normalized spacial score (nSPS) is 23.2. The first-order valence-corrected chi connectivity index (χ1v) is 7.96. The summed E-state index contributed by atoms with van der Waals surface area (Å²) in [6.45, 7) is 7.08. The molecule has 1 unspecified atom stereocenters. The van der Waals surface area contributed by atoms with Gasteiger partial charge in [-0.1, -0.05) is 19.9 Å². The third kappa shape index (κ3) is 2.17. The van der Waals surface area contributed by atoms with Crippen molar-refractivity contribution in [2.75, 3.05) is 13.6 Å². The summed E-state index contributed by atoms with van der Waals surface area (Å²) in [5, 5.41) is 0. The van der Waals surface area contributed by atoms with Crippen molar-refractivity contribution in [3.8, 4) is 0 Å². The number of allylic oxidation sites excluding steroid dienone is 1. The number of thiophene rings is 1. The van der Waals surface area contributed by atoms with E-state index in [1.165, 1.54) is 25.8 Å². The van der Waals surface area contributed by atoms with Gasteiger partial charge in [0.2, 0.25) is 0 Å². The lowest BCUT2D eigenvalue weighted by atomic mass is 9.86. The number of hydrogen-bond acceptors (Lipinski definition) is 2. The molecule has 2 heteroatoms. The van der Waals surface area contributed by atoms with Crippen LogP contribution in [-0.2, 0) is 13.0 Å². The van der Waals surface area contributed by atoms with Crippen LogP contribution < -0.4 is 0 Å². The smallest absolute Gasteiger partial charge is 0.0308 e. The Morgan fingerprint density at radius 1 is 1.44 bits per heavy atom. The maximum absolute atomic E-state index is 2.50. The molecule has 0 saturated heterocycles. The molecule has 98 valence electrons. The van der Waals surface area contributed by atoms with Gasteiger partial charge in [0.25, 0.3) is 0 Å². The molecule has 1 aliphatic heterocycles. The Balaban J connectivity index is 2.06. The van der Waals surface area contributed by atoms with Crippen molar-refractivity contribution in [3.63, 3.8) is 0 Å². The molecule has 1 aromatic heterocycles. The van der Waals surface area contributed by atoms with Gasteiger partial charge in [-0.2, -0.15) is 0 Å². The van der Waals surface area contributed by atoms with Crippen molar-refractivity contribution < 1.29 is 0 Å². The van der Waals surface area contributed by atoms with Crippen LogP contribution in [0.2, 0.25) is 0 Å². The molecule has 1 atom stereocenters. The Morgan fingerprint density at radius 3 is 3.06 bits per heavy atom. The van der Waals surface area contributed by atoms with Crippen LogP contribution in [0.3, 0.4) is 0 Å². The fourth-order valence-corrected chi connectivity index (χ4v) is 4.82. The van der Waals surface area contributed by atoms with Crippen LogP contribution in [0.25, 0.3) is 6.08 Å². The lowest BCUT2D eigenvalue weighted by Crippen LogP contribution is -2.18. The van der Waals surface area contributed by atoms with E-state index in [0.29, 0.717) is 0 Å². The van der Waals surface area contributed by atoms with Crippen molar-refractivity contribution in [2.24, 2.45) is 5.92 Å². The van der Waals surface area contributed by atoms with Crippen LogP contribution in [0, 0.1) is 5.92 Å². The van der Waals surface area contributed by atoms with E-state index < -0.39 is 0 Å². The molecule has 1 aliphatic carbocycles. The predicted molar refractivity (Wildman–Crippen MR) is 80.2 cm³/mol. The topological polar surface area (TPSA) is 3.24 Å². The van der Waals surface area contributed by atoms with Crippen LogP contribution >= 0.6 is 11.3 Å². The van der Waals surface area contributed by atoms with Gasteiger partial charge in [-0.15, -0.1) is 11.3 Å². The molecule has 0 saturated carbocycles. The monoisotopic (exact) mass is 261 g/mol. The maximum atomic E-state index is 2.50. The van der Waals surface area contributed by atoms with Crippen molar-refractivity contribution in [2.45, 2.75) is 45.6 Å². The minimum atomic E-state index is 0.761. The fourth-order valence-electron chi connectivity index (χ4n) is 3.27. The van der Waals surface area contributed by atoms with Crippen LogP contribution in [0.4, 0.5) is 0 Å². The zero-order valence-electron chi connectivity index (χ0n) is 11.7. The van der Waals surface area contributed by atoms with Gasteiger partial charge in [-0.25, -0.2) is 0 Å². The Hall–Kier alpha value is -0.600. The largest absolute Gasteiger partial charge is 0.302 e. The van der Waals surface area contributed by atoms with Gasteiger partial charge in [0.05, 0.1) is 0 Å². The quantitative estimate of drug-likeness (QED) is 0.768. The van der Waals surface area contributed by atoms with Gasteiger partial charge >= 0.3 is 0 Å². The summed E-state index contributed by atoms with van der Waals surface area (Å²) < 4.78 is 0. The minimum absolute atomic E-state index is 0.761. The molecule has 2 aliphatic rings. The SMILES string of the molecule is CC(C)Cc1sc2c3c1CN(C)CCC3CC=C2. The fraction of sp³-hybridized carbons (Fsp3) is 0.625. The van der Waals surface area contributed by atoms with Crippen molar-refractivity contribution in [3.05, 3.63) is 27.0 Å². The summed E-state index contributed by atoms with van der Waals surface area (Å²) in [5.41, 5.74) is 3.39. The summed E-state index contributed by atoms with van der Waals surface area (Å²) in [5.74, 6) is 1.56. The van der Waals surface area contributed by atoms with Gasteiger partial charge < -0.3 is 4.90 Å². The average Bonchev–Trinajstić information content (AvgIpc) is 2.54. The van der Waals surface area contributed by atoms with Gasteiger partial charge in [-0.3, -0.25) is 0 Å². The third-order valence-electron chi connectivity index (χ3n) is 4.14. The van der Waals surface area contributed by atoms with Gasteiger partial charge in [0, 0.05) is 16.3 Å². The molecule has 0 spiro atoms. The maximum Gasteiger partial charge on any atom is 0.0308 e. The summed E-state index contributed by atoms with van der Waals surface area (Å²) in [7, 11) is 2.27. The molecule has 0 amide bonds. The minimum Gasteiger partial charge on any atom is -0.302 e. The molecular weight excluding hydrogens is 238 g/mol. The van der Waals surface area contributed by atoms with E-state index in [1.54, 1.807) is 20.9 Å². The van der Waals surface area contributed by atoms with Gasteiger partial charge in [0.1, 0.15) is 0 Å². The average molecular weight is 261 g/mol. The molecule has 0 fully saturated rings. The van der Waals surface area contributed by atoms with Crippen molar-refractivity contribution in [1.29, 1.82) is 0 Å². The second kappa shape index (κ2) is 4.82. The van der Waals surface area contributed by atoms with E-state index in [9.17, 15) is 0 Å².